The Morgan fingerprint density at radius 1 is 1.07 bits per heavy atom. The van der Waals surface area contributed by atoms with Crippen molar-refractivity contribution in [2.24, 2.45) is 17.4 Å². The molecule has 3 fully saturated rings. The first-order valence-corrected chi connectivity index (χ1v) is 15.7. The second-order valence-electron chi connectivity index (χ2n) is 12.0. The maximum Gasteiger partial charge on any atom is 0.245 e. The van der Waals surface area contributed by atoms with Gasteiger partial charge in [0, 0.05) is 58.4 Å². The number of nitrogens with one attached hydrogen (secondary N) is 6. The number of benzene rings is 1. The zero-order valence-electron chi connectivity index (χ0n) is 26.2. The zero-order chi connectivity index (χ0) is 31.5. The molecule has 1 aromatic carbocycles. The van der Waals surface area contributed by atoms with Crippen LogP contribution in [-0.4, -0.2) is 116 Å². The van der Waals surface area contributed by atoms with E-state index in [1.807, 2.05) is 30.3 Å². The molecular weight excluding hydrogens is 635 g/mol. The van der Waals surface area contributed by atoms with Crippen LogP contribution in [0.5, 0.6) is 0 Å². The summed E-state index contributed by atoms with van der Waals surface area (Å²) >= 11 is 0. The second-order valence-corrected chi connectivity index (χ2v) is 12.0. The van der Waals surface area contributed by atoms with Crippen LogP contribution in [0.15, 0.2) is 30.3 Å². The second kappa shape index (κ2) is 19.5. The molecule has 0 radical (unpaired) electrons. The molecular formula is C30H50Cl2N10O4. The van der Waals surface area contributed by atoms with E-state index < -0.39 is 18.0 Å². The smallest absolute Gasteiger partial charge is 0.245 e. The van der Waals surface area contributed by atoms with E-state index >= 15 is 0 Å². The Labute approximate surface area is 283 Å². The number of carbonyl (C=O) groups excluding carboxylic acids is 4. The highest BCUT2D eigenvalue weighted by atomic mass is 35.5. The minimum atomic E-state index is -1.11. The van der Waals surface area contributed by atoms with E-state index in [1.165, 1.54) is 0 Å². The summed E-state index contributed by atoms with van der Waals surface area (Å²) in [6.45, 7) is 4.26. The van der Waals surface area contributed by atoms with Crippen molar-refractivity contribution in [2.45, 2.75) is 62.7 Å². The van der Waals surface area contributed by atoms with Crippen molar-refractivity contribution in [3.8, 4) is 0 Å². The van der Waals surface area contributed by atoms with E-state index in [2.05, 4.69) is 26.6 Å². The van der Waals surface area contributed by atoms with Crippen LogP contribution in [0.1, 0.15) is 37.7 Å². The molecule has 4 atom stereocenters. The molecule has 0 spiro atoms. The van der Waals surface area contributed by atoms with Gasteiger partial charge in [-0.15, -0.1) is 24.8 Å². The van der Waals surface area contributed by atoms with E-state index in [1.54, 1.807) is 9.80 Å². The highest BCUT2D eigenvalue weighted by Crippen LogP contribution is 2.27. The van der Waals surface area contributed by atoms with Crippen LogP contribution in [0.4, 0.5) is 0 Å². The molecule has 2 heterocycles. The number of guanidine groups is 1. The normalized spacial score (nSPS) is 20.5. The predicted molar refractivity (Wildman–Crippen MR) is 181 cm³/mol. The van der Waals surface area contributed by atoms with Gasteiger partial charge in [-0.3, -0.25) is 24.6 Å². The molecule has 258 valence electrons. The Morgan fingerprint density at radius 3 is 2.46 bits per heavy atom. The summed E-state index contributed by atoms with van der Waals surface area (Å²) in [6.07, 6.45) is 3.46. The first kappa shape index (κ1) is 39.0. The first-order chi connectivity index (χ1) is 21.2. The third-order valence-corrected chi connectivity index (χ3v) is 8.37. The third kappa shape index (κ3) is 12.2. The van der Waals surface area contributed by atoms with Crippen molar-refractivity contribution in [2.75, 3.05) is 52.4 Å². The Bertz CT molecular complexity index is 1150. The summed E-state index contributed by atoms with van der Waals surface area (Å²) in [7, 11) is 0. The number of piperidine rings is 1. The summed E-state index contributed by atoms with van der Waals surface area (Å²) in [6, 6.07) is 7.03. The van der Waals surface area contributed by atoms with E-state index in [0.717, 1.165) is 44.3 Å². The maximum atomic E-state index is 13.9. The fraction of sp³-hybridized carbons (Fsp3) is 0.633. The monoisotopic (exact) mass is 684 g/mol. The van der Waals surface area contributed by atoms with Crippen molar-refractivity contribution >= 4 is 54.4 Å². The van der Waals surface area contributed by atoms with Gasteiger partial charge in [0.15, 0.2) is 5.96 Å². The lowest BCUT2D eigenvalue weighted by atomic mass is 9.98. The summed E-state index contributed by atoms with van der Waals surface area (Å²) < 4.78 is 0. The van der Waals surface area contributed by atoms with Gasteiger partial charge in [-0.25, -0.2) is 0 Å². The molecule has 14 nitrogen and oxygen atoms in total. The average molecular weight is 686 g/mol. The molecule has 1 saturated carbocycles. The van der Waals surface area contributed by atoms with Gasteiger partial charge in [-0.1, -0.05) is 30.3 Å². The van der Waals surface area contributed by atoms with Crippen LogP contribution >= 0.6 is 24.8 Å². The number of nitrogens with zero attached hydrogens (tertiary/aromatic N) is 2. The lowest BCUT2D eigenvalue weighted by Crippen LogP contribution is -2.57. The van der Waals surface area contributed by atoms with Gasteiger partial charge in [-0.05, 0) is 43.6 Å². The van der Waals surface area contributed by atoms with E-state index in [4.69, 9.17) is 16.9 Å². The lowest BCUT2D eigenvalue weighted by Gasteiger charge is -2.33. The lowest BCUT2D eigenvalue weighted by molar-refractivity contribution is -0.139. The molecule has 1 aromatic rings. The summed E-state index contributed by atoms with van der Waals surface area (Å²) in [5.74, 6) is -1.23. The summed E-state index contributed by atoms with van der Waals surface area (Å²) in [5, 5.41) is 22.6. The highest BCUT2D eigenvalue weighted by Gasteiger charge is 2.38. The molecule has 16 heteroatoms. The molecule has 0 bridgehead atoms. The maximum absolute atomic E-state index is 13.9. The predicted octanol–water partition coefficient (Wildman–Crippen LogP) is -1.33. The van der Waals surface area contributed by atoms with Gasteiger partial charge in [0.2, 0.25) is 23.6 Å². The van der Waals surface area contributed by atoms with Crippen LogP contribution in [-0.2, 0) is 25.6 Å². The molecule has 3 aliphatic rings. The van der Waals surface area contributed by atoms with Crippen molar-refractivity contribution in [3.63, 3.8) is 0 Å². The molecule has 2 saturated heterocycles. The Hall–Kier alpha value is -3.17. The number of carbonyl (C=O) groups is 4. The minimum Gasteiger partial charge on any atom is -0.370 e. The molecule has 1 unspecified atom stereocenters. The molecule has 4 rings (SSSR count). The fourth-order valence-corrected chi connectivity index (χ4v) is 5.73. The number of halogens is 2. The van der Waals surface area contributed by atoms with Crippen LogP contribution < -0.4 is 38.1 Å². The Balaban J connectivity index is 0.00000368. The van der Waals surface area contributed by atoms with E-state index in [-0.39, 0.29) is 92.4 Å². The molecule has 46 heavy (non-hydrogen) atoms. The van der Waals surface area contributed by atoms with Gasteiger partial charge in [0.05, 0.1) is 18.5 Å². The number of hydrogen-bond donors (Lipinski definition) is 8. The molecule has 10 N–H and O–H groups in total. The summed E-state index contributed by atoms with van der Waals surface area (Å²) in [5.41, 5.74) is 12.8. The van der Waals surface area contributed by atoms with Gasteiger partial charge in [-0.2, -0.15) is 0 Å². The van der Waals surface area contributed by atoms with Crippen LogP contribution in [0.25, 0.3) is 0 Å². The minimum absolute atomic E-state index is 0. The Kier molecular flexibility index (Phi) is 16.5. The third-order valence-electron chi connectivity index (χ3n) is 8.37. The van der Waals surface area contributed by atoms with Crippen LogP contribution in [0, 0.1) is 11.3 Å². The number of likely N-dealkylation sites (tertiary alicyclic amines) is 1. The number of amides is 4. The number of hydrogen-bond acceptors (Lipinski definition) is 8. The van der Waals surface area contributed by atoms with Crippen LogP contribution in [0.3, 0.4) is 0 Å². The number of rotatable bonds is 14. The molecule has 1 aliphatic carbocycles. The average Bonchev–Trinajstić information content (AvgIpc) is 3.88. The number of piperazine rings is 1. The first-order valence-electron chi connectivity index (χ1n) is 15.7. The highest BCUT2D eigenvalue weighted by molar-refractivity contribution is 5.93. The van der Waals surface area contributed by atoms with Gasteiger partial charge >= 0.3 is 0 Å². The van der Waals surface area contributed by atoms with Gasteiger partial charge in [0.25, 0.3) is 0 Å². The Morgan fingerprint density at radius 2 is 1.80 bits per heavy atom. The molecule has 0 aromatic heterocycles. The van der Waals surface area contributed by atoms with Crippen molar-refractivity contribution < 1.29 is 19.2 Å². The standard InChI is InChI=1S/C30H48N10O4.2ClH/c31-23(15-20-5-2-1-3-6-20)27(42)38-24(16-26(41)37-17-21-7-4-13-39(19-21)30(32)33)29(44)40(22-8-9-22)14-12-36-28(43)25-18-34-10-11-35-25;;/h1-3,5-6,21-25,34-35H,4,7-19,31H2,(H3,32,33)(H,36,43)(H,37,41)(H,38,42);2*1H/t21-,23-,24-,25?;;/m0../s1. The fourth-order valence-electron chi connectivity index (χ4n) is 5.73. The molecule has 4 amide bonds. The SMILES string of the molecule is Cl.Cl.N=C(N)N1CCC[C@@H](CNC(=O)C[C@H](NC(=O)[C@@H](N)Cc2ccccc2)C(=O)N(CCNC(=O)C2CNCCN2)C2CC2)C1. The van der Waals surface area contributed by atoms with E-state index in [9.17, 15) is 19.2 Å². The van der Waals surface area contributed by atoms with Crippen molar-refractivity contribution in [3.05, 3.63) is 35.9 Å². The van der Waals surface area contributed by atoms with Crippen molar-refractivity contribution in [1.82, 2.24) is 36.4 Å². The zero-order valence-corrected chi connectivity index (χ0v) is 27.8. The van der Waals surface area contributed by atoms with E-state index in [0.29, 0.717) is 26.2 Å². The van der Waals surface area contributed by atoms with Gasteiger partial charge in [0.1, 0.15) is 6.04 Å². The topological polar surface area (TPSA) is 211 Å². The van der Waals surface area contributed by atoms with Gasteiger partial charge < -0.3 is 47.9 Å². The largest absolute Gasteiger partial charge is 0.370 e. The number of nitrogens with two attached hydrogens (primary N) is 2. The summed E-state index contributed by atoms with van der Waals surface area (Å²) in [4.78, 5) is 56.2. The van der Waals surface area contributed by atoms with Crippen molar-refractivity contribution in [1.29, 1.82) is 5.41 Å². The van der Waals surface area contributed by atoms with Crippen LogP contribution in [0.2, 0.25) is 0 Å². The quantitative estimate of drug-likeness (QED) is 0.0860. The molecule has 2 aliphatic heterocycles.